The second-order valence-electron chi connectivity index (χ2n) is 16.0. The molecule has 2 fully saturated rings. The number of aromatic nitrogens is 6. The number of anilines is 2. The number of fused-ring (bicyclic) bond motifs is 4. The molecule has 0 atom stereocenters. The normalized spacial score (nSPS) is 20.8. The van der Waals surface area contributed by atoms with E-state index in [0.717, 1.165) is 80.0 Å². The molecule has 55 heavy (non-hydrogen) atoms. The maximum Gasteiger partial charge on any atom is 0.291 e. The standard InChI is InChI=1S/C41H46Cl2N10O2/c1-50-33-12-18-52(20-16-41-14-9-25(21-41)10-15-41)23-31(33)45-37(50)39(54)47-29-7-3-5-27(35(29)42)28-6-4-8-30(36(28)43)48-40(55)38-46-32-24-53(19-13-34(32)51(38)2)22-26-11-17-44-49-26/h3-8,11,17,25H,9-10,12-16,18-24H2,1-2H3,(H,44,49)(H,47,54)(H,48,55). The van der Waals surface area contributed by atoms with Gasteiger partial charge in [0.2, 0.25) is 0 Å². The smallest absolute Gasteiger partial charge is 0.291 e. The van der Waals surface area contributed by atoms with Crippen LogP contribution in [0.15, 0.2) is 48.7 Å². The number of amides is 2. The molecule has 0 radical (unpaired) electrons. The van der Waals surface area contributed by atoms with Crippen molar-refractivity contribution in [1.29, 1.82) is 0 Å². The van der Waals surface area contributed by atoms with Gasteiger partial charge >= 0.3 is 0 Å². The van der Waals surface area contributed by atoms with E-state index in [-0.39, 0.29) is 11.8 Å². The molecule has 2 aromatic carbocycles. The van der Waals surface area contributed by atoms with E-state index in [1.54, 1.807) is 18.3 Å². The predicted octanol–water partition coefficient (Wildman–Crippen LogP) is 7.24. The first-order valence-corrected chi connectivity index (χ1v) is 20.1. The van der Waals surface area contributed by atoms with Crippen LogP contribution in [0.25, 0.3) is 11.1 Å². The quantitative estimate of drug-likeness (QED) is 0.136. The molecule has 3 aromatic heterocycles. The molecule has 286 valence electrons. The van der Waals surface area contributed by atoms with Crippen molar-refractivity contribution >= 4 is 46.4 Å². The number of aromatic amines is 1. The summed E-state index contributed by atoms with van der Waals surface area (Å²) in [5.41, 5.74) is 7.75. The van der Waals surface area contributed by atoms with Crippen LogP contribution in [0.3, 0.4) is 0 Å². The van der Waals surface area contributed by atoms with Crippen molar-refractivity contribution in [2.75, 3.05) is 30.3 Å². The average molecular weight is 782 g/mol. The monoisotopic (exact) mass is 780 g/mol. The molecule has 5 heterocycles. The Kier molecular flexibility index (Phi) is 9.56. The van der Waals surface area contributed by atoms with Crippen LogP contribution in [-0.4, -0.2) is 70.5 Å². The van der Waals surface area contributed by atoms with Crippen molar-refractivity contribution in [1.82, 2.24) is 39.1 Å². The number of carbonyl (C=O) groups excluding carboxylic acids is 2. The van der Waals surface area contributed by atoms with E-state index >= 15 is 0 Å². The molecular weight excluding hydrogens is 735 g/mol. The summed E-state index contributed by atoms with van der Waals surface area (Å²) in [6, 6.07) is 12.8. The number of carbonyl (C=O) groups is 2. The Bertz CT molecular complexity index is 2270. The maximum atomic E-state index is 13.7. The van der Waals surface area contributed by atoms with Gasteiger partial charge in [0.1, 0.15) is 0 Å². The number of nitrogens with one attached hydrogen (secondary N) is 3. The predicted molar refractivity (Wildman–Crippen MR) is 213 cm³/mol. The van der Waals surface area contributed by atoms with Crippen molar-refractivity contribution in [2.45, 2.75) is 71.0 Å². The second kappa shape index (κ2) is 14.5. The molecule has 4 aliphatic rings. The highest BCUT2D eigenvalue weighted by Gasteiger charge is 2.44. The zero-order valence-electron chi connectivity index (χ0n) is 31.3. The molecule has 0 saturated heterocycles. The lowest BCUT2D eigenvalue weighted by molar-refractivity contribution is 0.100. The lowest BCUT2D eigenvalue weighted by Gasteiger charge is -2.32. The van der Waals surface area contributed by atoms with Crippen molar-refractivity contribution in [3.63, 3.8) is 0 Å². The average Bonchev–Trinajstić information content (AvgIpc) is 4.03. The zero-order chi connectivity index (χ0) is 37.8. The first kappa shape index (κ1) is 36.2. The zero-order valence-corrected chi connectivity index (χ0v) is 32.8. The first-order chi connectivity index (χ1) is 26.6. The van der Waals surface area contributed by atoms with Gasteiger partial charge in [0.25, 0.3) is 11.8 Å². The van der Waals surface area contributed by atoms with E-state index in [9.17, 15) is 9.59 Å². The third-order valence-corrected chi connectivity index (χ3v) is 13.5. The molecule has 2 saturated carbocycles. The van der Waals surface area contributed by atoms with Gasteiger partial charge < -0.3 is 19.8 Å². The van der Waals surface area contributed by atoms with Crippen LogP contribution in [0.2, 0.25) is 10.0 Å². The van der Waals surface area contributed by atoms with Gasteiger partial charge in [-0.25, -0.2) is 9.97 Å². The van der Waals surface area contributed by atoms with Gasteiger partial charge in [-0.3, -0.25) is 24.5 Å². The van der Waals surface area contributed by atoms with E-state index in [4.69, 9.17) is 33.2 Å². The molecular formula is C41H46Cl2N10O2. The van der Waals surface area contributed by atoms with E-state index in [0.29, 0.717) is 56.2 Å². The summed E-state index contributed by atoms with van der Waals surface area (Å²) in [7, 11) is 3.79. The number of benzene rings is 2. The molecule has 2 aliphatic carbocycles. The summed E-state index contributed by atoms with van der Waals surface area (Å²) >= 11 is 14.0. The van der Waals surface area contributed by atoms with Gasteiger partial charge in [-0.05, 0) is 74.6 Å². The summed E-state index contributed by atoms with van der Waals surface area (Å²) in [6.45, 7) is 5.07. The van der Waals surface area contributed by atoms with Crippen LogP contribution in [0.4, 0.5) is 11.4 Å². The number of H-pyrrole nitrogens is 1. The molecule has 9 rings (SSSR count). The Morgan fingerprint density at radius 3 is 1.91 bits per heavy atom. The van der Waals surface area contributed by atoms with Crippen molar-refractivity contribution in [3.8, 4) is 11.1 Å². The van der Waals surface area contributed by atoms with Crippen molar-refractivity contribution < 1.29 is 9.59 Å². The molecule has 3 N–H and O–H groups in total. The Balaban J connectivity index is 0.876. The summed E-state index contributed by atoms with van der Waals surface area (Å²) in [5, 5.41) is 13.7. The molecule has 14 heteroatoms. The Labute approximate surface area is 330 Å². The van der Waals surface area contributed by atoms with Crippen LogP contribution >= 0.6 is 23.2 Å². The van der Waals surface area contributed by atoms with E-state index in [2.05, 4.69) is 30.6 Å². The number of nitrogens with zero attached hydrogens (tertiary/aromatic N) is 7. The molecule has 2 aliphatic heterocycles. The number of halogens is 2. The Morgan fingerprint density at radius 1 is 0.818 bits per heavy atom. The van der Waals surface area contributed by atoms with Gasteiger partial charge in [0.05, 0.1) is 32.8 Å². The topological polar surface area (TPSA) is 129 Å². The second-order valence-corrected chi connectivity index (χ2v) is 16.7. The van der Waals surface area contributed by atoms with Gasteiger partial charge in [-0.1, -0.05) is 47.5 Å². The number of rotatable bonds is 10. The van der Waals surface area contributed by atoms with Gasteiger partial charge in [-0.2, -0.15) is 5.10 Å². The highest BCUT2D eigenvalue weighted by atomic mass is 35.5. The van der Waals surface area contributed by atoms with Crippen LogP contribution in [-0.2, 0) is 46.6 Å². The maximum absolute atomic E-state index is 13.7. The molecule has 5 aromatic rings. The minimum atomic E-state index is -0.357. The molecule has 2 bridgehead atoms. The number of hydrogen-bond donors (Lipinski definition) is 3. The fourth-order valence-electron chi connectivity index (χ4n) is 9.60. The van der Waals surface area contributed by atoms with Crippen molar-refractivity contribution in [2.24, 2.45) is 25.4 Å². The molecule has 12 nitrogen and oxygen atoms in total. The summed E-state index contributed by atoms with van der Waals surface area (Å²) < 4.78 is 3.79. The Morgan fingerprint density at radius 2 is 1.38 bits per heavy atom. The third-order valence-electron chi connectivity index (χ3n) is 12.7. The molecule has 2 amide bonds. The minimum Gasteiger partial charge on any atom is -0.327 e. The van der Waals surface area contributed by atoms with E-state index in [1.807, 2.05) is 53.6 Å². The highest BCUT2D eigenvalue weighted by Crippen LogP contribution is 2.56. The van der Waals surface area contributed by atoms with Gasteiger partial charge in [0, 0.05) is 94.1 Å². The molecule has 0 spiro atoms. The highest BCUT2D eigenvalue weighted by molar-refractivity contribution is 6.40. The van der Waals surface area contributed by atoms with Crippen LogP contribution in [0.1, 0.15) is 88.2 Å². The number of imidazole rings is 2. The summed E-state index contributed by atoms with van der Waals surface area (Å²) in [4.78, 5) is 41.8. The van der Waals surface area contributed by atoms with E-state index < -0.39 is 0 Å². The van der Waals surface area contributed by atoms with Gasteiger partial charge in [0.15, 0.2) is 11.6 Å². The van der Waals surface area contributed by atoms with Crippen LogP contribution in [0, 0.1) is 11.3 Å². The van der Waals surface area contributed by atoms with Crippen LogP contribution in [0.5, 0.6) is 0 Å². The van der Waals surface area contributed by atoms with Gasteiger partial charge in [-0.15, -0.1) is 0 Å². The van der Waals surface area contributed by atoms with E-state index in [1.165, 1.54) is 38.5 Å². The summed E-state index contributed by atoms with van der Waals surface area (Å²) in [5.74, 6) is 0.968. The fraction of sp³-hybridized carbons (Fsp3) is 0.439. The SMILES string of the molecule is Cn1c(C(=O)Nc2cccc(-c3cccc(NC(=O)c4nc5c(n4C)CCN(Cc4ccn[nH]4)C5)c3Cl)c2Cl)nc2c1CCN(CCC13CCC(CC1)C3)C2. The minimum absolute atomic E-state index is 0.317. The van der Waals surface area contributed by atoms with Crippen LogP contribution < -0.4 is 10.6 Å². The van der Waals surface area contributed by atoms with Crippen molar-refractivity contribution in [3.05, 3.63) is 98.8 Å². The summed E-state index contributed by atoms with van der Waals surface area (Å²) in [6.07, 6.45) is 11.7. The lowest BCUT2D eigenvalue weighted by Crippen LogP contribution is -2.34. The fourth-order valence-corrected chi connectivity index (χ4v) is 10.1. The lowest BCUT2D eigenvalue weighted by atomic mass is 9.81. The number of hydrogen-bond acceptors (Lipinski definition) is 7. The molecule has 0 unspecified atom stereocenters. The Hall–Kier alpha value is -4.49. The largest absolute Gasteiger partial charge is 0.327 e. The first-order valence-electron chi connectivity index (χ1n) is 19.4. The third kappa shape index (κ3) is 6.87.